The molecule has 0 aliphatic heterocycles. The maximum absolute atomic E-state index is 11.1. The van der Waals surface area contributed by atoms with Crippen molar-refractivity contribution in [1.82, 2.24) is 4.90 Å². The molecule has 0 aliphatic rings. The first-order valence-electron chi connectivity index (χ1n) is 4.92. The van der Waals surface area contributed by atoms with E-state index in [-0.39, 0.29) is 0 Å². The van der Waals surface area contributed by atoms with Crippen LogP contribution < -0.4 is 0 Å². The van der Waals surface area contributed by atoms with Crippen LogP contribution in [-0.2, 0) is 9.53 Å². The van der Waals surface area contributed by atoms with Crippen LogP contribution in [0.2, 0.25) is 0 Å². The molecule has 0 heterocycles. The fourth-order valence-electron chi connectivity index (χ4n) is 1.34. The van der Waals surface area contributed by atoms with E-state index in [0.29, 0.717) is 13.0 Å². The topological polar surface area (TPSA) is 49.8 Å². The van der Waals surface area contributed by atoms with Crippen LogP contribution in [0.15, 0.2) is 0 Å². The first kappa shape index (κ1) is 13.4. The number of ether oxygens (including phenoxy) is 1. The lowest BCUT2D eigenvalue weighted by molar-refractivity contribution is -0.150. The predicted octanol–water partition coefficient (Wildman–Crippen LogP) is 1.21. The molecule has 0 fully saturated rings. The molecule has 0 aromatic rings. The van der Waals surface area contributed by atoms with E-state index in [9.17, 15) is 4.79 Å². The Kier molecular flexibility index (Phi) is 5.72. The zero-order chi connectivity index (χ0) is 11.2. The third kappa shape index (κ3) is 3.27. The molecule has 84 valence electrons. The van der Waals surface area contributed by atoms with Crippen molar-refractivity contribution in [3.8, 4) is 0 Å². The van der Waals surface area contributed by atoms with Crippen LogP contribution >= 0.6 is 0 Å². The lowest BCUT2D eigenvalue weighted by atomic mass is 9.96. The van der Waals surface area contributed by atoms with Gasteiger partial charge in [-0.2, -0.15) is 0 Å². The van der Waals surface area contributed by atoms with E-state index in [1.807, 2.05) is 18.9 Å². The van der Waals surface area contributed by atoms with Crippen molar-refractivity contribution in [1.29, 1.82) is 0 Å². The molecule has 0 amide bonds. The van der Waals surface area contributed by atoms with Gasteiger partial charge in [0.1, 0.15) is 5.54 Å². The summed E-state index contributed by atoms with van der Waals surface area (Å²) in [5.74, 6) is -0.787. The third-order valence-corrected chi connectivity index (χ3v) is 2.66. The summed E-state index contributed by atoms with van der Waals surface area (Å²) >= 11 is 0. The largest absolute Gasteiger partial charge is 0.480 e. The first-order valence-corrected chi connectivity index (χ1v) is 4.92. The van der Waals surface area contributed by atoms with E-state index < -0.39 is 11.5 Å². The van der Waals surface area contributed by atoms with Crippen molar-refractivity contribution < 1.29 is 14.6 Å². The van der Waals surface area contributed by atoms with Gasteiger partial charge in [0.05, 0.1) is 0 Å². The highest BCUT2D eigenvalue weighted by Crippen LogP contribution is 2.18. The summed E-state index contributed by atoms with van der Waals surface area (Å²) in [5.41, 5.74) is -0.813. The van der Waals surface area contributed by atoms with Gasteiger partial charge in [-0.05, 0) is 33.4 Å². The SMILES string of the molecule is CCCN(C)C(C)(CCOC)C(=O)O. The summed E-state index contributed by atoms with van der Waals surface area (Å²) in [6.45, 7) is 5.03. The van der Waals surface area contributed by atoms with Crippen molar-refractivity contribution in [2.75, 3.05) is 27.3 Å². The van der Waals surface area contributed by atoms with Gasteiger partial charge in [0.2, 0.25) is 0 Å². The standard InChI is InChI=1S/C10H21NO3/c1-5-7-11(3)10(2,9(12)13)6-8-14-4/h5-8H2,1-4H3,(H,12,13). The number of hydrogen-bond acceptors (Lipinski definition) is 3. The zero-order valence-corrected chi connectivity index (χ0v) is 9.54. The summed E-state index contributed by atoms with van der Waals surface area (Å²) in [5, 5.41) is 9.16. The molecular weight excluding hydrogens is 182 g/mol. The van der Waals surface area contributed by atoms with Gasteiger partial charge in [-0.15, -0.1) is 0 Å². The number of nitrogens with zero attached hydrogens (tertiary/aromatic N) is 1. The lowest BCUT2D eigenvalue weighted by Gasteiger charge is -2.34. The van der Waals surface area contributed by atoms with Crippen LogP contribution in [-0.4, -0.2) is 48.8 Å². The molecule has 1 atom stereocenters. The maximum atomic E-state index is 11.1. The predicted molar refractivity (Wildman–Crippen MR) is 55.5 cm³/mol. The number of aliphatic carboxylic acids is 1. The first-order chi connectivity index (χ1) is 6.49. The number of hydrogen-bond donors (Lipinski definition) is 1. The van der Waals surface area contributed by atoms with E-state index in [4.69, 9.17) is 9.84 Å². The lowest BCUT2D eigenvalue weighted by Crippen LogP contribution is -2.51. The van der Waals surface area contributed by atoms with Gasteiger partial charge < -0.3 is 9.84 Å². The number of methoxy groups -OCH3 is 1. The van der Waals surface area contributed by atoms with E-state index >= 15 is 0 Å². The number of likely N-dealkylation sites (N-methyl/N-ethyl adjacent to an activating group) is 1. The Hall–Kier alpha value is -0.610. The summed E-state index contributed by atoms with van der Waals surface area (Å²) in [6.07, 6.45) is 1.46. The minimum atomic E-state index is -0.813. The van der Waals surface area contributed by atoms with Crippen LogP contribution in [0.5, 0.6) is 0 Å². The second-order valence-corrected chi connectivity index (χ2v) is 3.74. The van der Waals surface area contributed by atoms with Crippen LogP contribution in [0.4, 0.5) is 0 Å². The van der Waals surface area contributed by atoms with E-state index in [1.54, 1.807) is 14.0 Å². The summed E-state index contributed by atoms with van der Waals surface area (Å²) in [7, 11) is 3.43. The Morgan fingerprint density at radius 3 is 2.50 bits per heavy atom. The Labute approximate surface area is 85.9 Å². The average Bonchev–Trinajstić information content (AvgIpc) is 2.14. The molecule has 0 spiro atoms. The van der Waals surface area contributed by atoms with Crippen molar-refractivity contribution in [2.24, 2.45) is 0 Å². The van der Waals surface area contributed by atoms with Crippen molar-refractivity contribution >= 4 is 5.97 Å². The molecule has 0 saturated carbocycles. The van der Waals surface area contributed by atoms with Gasteiger partial charge in [0.25, 0.3) is 0 Å². The Balaban J connectivity index is 4.44. The van der Waals surface area contributed by atoms with E-state index in [1.165, 1.54) is 0 Å². The van der Waals surface area contributed by atoms with Crippen LogP contribution in [0.25, 0.3) is 0 Å². The maximum Gasteiger partial charge on any atom is 0.323 e. The van der Waals surface area contributed by atoms with Crippen molar-refractivity contribution in [3.63, 3.8) is 0 Å². The number of carbonyl (C=O) groups is 1. The average molecular weight is 203 g/mol. The molecule has 4 heteroatoms. The molecule has 14 heavy (non-hydrogen) atoms. The van der Waals surface area contributed by atoms with Gasteiger partial charge in [-0.3, -0.25) is 9.69 Å². The van der Waals surface area contributed by atoms with E-state index in [0.717, 1.165) is 13.0 Å². The minimum Gasteiger partial charge on any atom is -0.480 e. The summed E-state index contributed by atoms with van der Waals surface area (Å²) < 4.78 is 4.93. The zero-order valence-electron chi connectivity index (χ0n) is 9.54. The number of rotatable bonds is 7. The Morgan fingerprint density at radius 1 is 1.57 bits per heavy atom. The monoisotopic (exact) mass is 203 g/mol. The highest BCUT2D eigenvalue weighted by molar-refractivity contribution is 5.78. The Bertz CT molecular complexity index is 184. The van der Waals surface area contributed by atoms with Crippen LogP contribution in [0, 0.1) is 0 Å². The van der Waals surface area contributed by atoms with Gasteiger partial charge in [0.15, 0.2) is 0 Å². The Morgan fingerprint density at radius 2 is 2.14 bits per heavy atom. The molecule has 0 radical (unpaired) electrons. The number of carboxylic acid groups (broad SMARTS) is 1. The molecule has 1 unspecified atom stereocenters. The van der Waals surface area contributed by atoms with Gasteiger partial charge in [-0.25, -0.2) is 0 Å². The molecule has 0 rings (SSSR count). The molecular formula is C10H21NO3. The van der Waals surface area contributed by atoms with Gasteiger partial charge in [0, 0.05) is 13.7 Å². The van der Waals surface area contributed by atoms with E-state index in [2.05, 4.69) is 0 Å². The normalized spacial score (nSPS) is 15.5. The molecule has 4 nitrogen and oxygen atoms in total. The molecule has 1 N–H and O–H groups in total. The molecule has 0 aliphatic carbocycles. The number of carboxylic acids is 1. The fourth-order valence-corrected chi connectivity index (χ4v) is 1.34. The van der Waals surface area contributed by atoms with Crippen LogP contribution in [0.3, 0.4) is 0 Å². The summed E-state index contributed by atoms with van der Waals surface area (Å²) in [6, 6.07) is 0. The highest BCUT2D eigenvalue weighted by Gasteiger charge is 2.36. The summed E-state index contributed by atoms with van der Waals surface area (Å²) in [4.78, 5) is 13.0. The van der Waals surface area contributed by atoms with Crippen molar-refractivity contribution in [2.45, 2.75) is 32.2 Å². The minimum absolute atomic E-state index is 0.469. The highest BCUT2D eigenvalue weighted by atomic mass is 16.5. The molecule has 0 aromatic carbocycles. The smallest absolute Gasteiger partial charge is 0.323 e. The van der Waals surface area contributed by atoms with Crippen molar-refractivity contribution in [3.05, 3.63) is 0 Å². The molecule has 0 bridgehead atoms. The fraction of sp³-hybridized carbons (Fsp3) is 0.900. The molecule has 0 aromatic heterocycles. The van der Waals surface area contributed by atoms with Gasteiger partial charge >= 0.3 is 5.97 Å². The second kappa shape index (κ2) is 5.98. The molecule has 0 saturated heterocycles. The quantitative estimate of drug-likeness (QED) is 0.675. The third-order valence-electron chi connectivity index (χ3n) is 2.66. The second-order valence-electron chi connectivity index (χ2n) is 3.74. The van der Waals surface area contributed by atoms with Gasteiger partial charge in [-0.1, -0.05) is 6.92 Å². The van der Waals surface area contributed by atoms with Crippen LogP contribution in [0.1, 0.15) is 26.7 Å².